The van der Waals surface area contributed by atoms with Crippen LogP contribution >= 0.6 is 0 Å². The van der Waals surface area contributed by atoms with E-state index in [9.17, 15) is 4.39 Å². The molecule has 2 rings (SSSR count). The first-order valence-electron chi connectivity index (χ1n) is 7.37. The Kier molecular flexibility index (Phi) is 4.66. The van der Waals surface area contributed by atoms with E-state index >= 15 is 0 Å². The van der Waals surface area contributed by atoms with E-state index in [4.69, 9.17) is 10.5 Å². The van der Waals surface area contributed by atoms with Gasteiger partial charge in [-0.3, -0.25) is 4.90 Å². The molecule has 0 spiro atoms. The molecule has 1 aliphatic heterocycles. The average Bonchev–Trinajstić information content (AvgIpc) is 3.00. The van der Waals surface area contributed by atoms with E-state index in [0.717, 1.165) is 25.1 Å². The van der Waals surface area contributed by atoms with Gasteiger partial charge in [0.1, 0.15) is 11.6 Å². The molecule has 1 fully saturated rings. The summed E-state index contributed by atoms with van der Waals surface area (Å²) in [4.78, 5) is 2.43. The summed E-state index contributed by atoms with van der Waals surface area (Å²) in [7, 11) is 1.60. The predicted molar refractivity (Wildman–Crippen MR) is 79.4 cm³/mol. The lowest BCUT2D eigenvalue weighted by Gasteiger charge is -2.43. The molecule has 0 aromatic heterocycles. The van der Waals surface area contributed by atoms with Gasteiger partial charge in [-0.2, -0.15) is 0 Å². The van der Waals surface area contributed by atoms with Gasteiger partial charge < -0.3 is 10.5 Å². The molecule has 2 atom stereocenters. The van der Waals surface area contributed by atoms with Crippen molar-refractivity contribution in [3.8, 4) is 5.75 Å². The number of hydrogen-bond acceptors (Lipinski definition) is 3. The molecule has 2 N–H and O–H groups in total. The molecular formula is C16H25FN2O. The molecule has 4 heteroatoms. The topological polar surface area (TPSA) is 38.5 Å². The van der Waals surface area contributed by atoms with E-state index in [0.29, 0.717) is 5.75 Å². The maximum atomic E-state index is 13.6. The number of hydrogen-bond donors (Lipinski definition) is 1. The molecule has 1 aliphatic rings. The lowest BCUT2D eigenvalue weighted by atomic mass is 9.83. The van der Waals surface area contributed by atoms with Gasteiger partial charge in [0.15, 0.2) is 0 Å². The largest absolute Gasteiger partial charge is 0.496 e. The number of likely N-dealkylation sites (tertiary alicyclic amines) is 1. The Bertz CT molecular complexity index is 460. The van der Waals surface area contributed by atoms with Gasteiger partial charge in [0.2, 0.25) is 0 Å². The van der Waals surface area contributed by atoms with E-state index in [1.807, 2.05) is 0 Å². The Hall–Kier alpha value is -1.13. The van der Waals surface area contributed by atoms with Crippen LogP contribution in [0.5, 0.6) is 5.75 Å². The minimum absolute atomic E-state index is 0.169. The van der Waals surface area contributed by atoms with Crippen molar-refractivity contribution in [3.63, 3.8) is 0 Å². The van der Waals surface area contributed by atoms with Gasteiger partial charge in [0.05, 0.1) is 13.2 Å². The van der Waals surface area contributed by atoms with Crippen molar-refractivity contribution in [1.82, 2.24) is 4.90 Å². The second-order valence-corrected chi connectivity index (χ2v) is 5.77. The third kappa shape index (κ3) is 2.67. The molecule has 3 nitrogen and oxygen atoms in total. The highest BCUT2D eigenvalue weighted by atomic mass is 19.1. The van der Waals surface area contributed by atoms with Crippen LogP contribution in [0.15, 0.2) is 18.2 Å². The van der Waals surface area contributed by atoms with Gasteiger partial charge in [-0.15, -0.1) is 0 Å². The summed E-state index contributed by atoms with van der Waals surface area (Å²) in [6.07, 6.45) is 3.35. The highest BCUT2D eigenvalue weighted by Crippen LogP contribution is 2.38. The van der Waals surface area contributed by atoms with Crippen molar-refractivity contribution in [2.24, 2.45) is 5.73 Å². The molecule has 0 amide bonds. The molecule has 1 aromatic carbocycles. The maximum Gasteiger partial charge on any atom is 0.123 e. The van der Waals surface area contributed by atoms with Crippen LogP contribution in [0.1, 0.15) is 44.7 Å². The van der Waals surface area contributed by atoms with Crippen molar-refractivity contribution in [2.45, 2.75) is 44.7 Å². The molecule has 0 saturated carbocycles. The third-order valence-corrected chi connectivity index (χ3v) is 4.74. The minimum atomic E-state index is -0.267. The average molecular weight is 280 g/mol. The van der Waals surface area contributed by atoms with Gasteiger partial charge >= 0.3 is 0 Å². The predicted octanol–water partition coefficient (Wildman–Crippen LogP) is 3.10. The molecule has 1 heterocycles. The summed E-state index contributed by atoms with van der Waals surface area (Å²) in [5.41, 5.74) is 7.11. The summed E-state index contributed by atoms with van der Waals surface area (Å²) in [5.74, 6) is 0.397. The fraction of sp³-hybridized carbons (Fsp3) is 0.625. The van der Waals surface area contributed by atoms with Gasteiger partial charge in [-0.1, -0.05) is 6.92 Å². The zero-order valence-corrected chi connectivity index (χ0v) is 12.7. The summed E-state index contributed by atoms with van der Waals surface area (Å²) in [6.45, 7) is 6.45. The normalized spacial score (nSPS) is 20.6. The van der Waals surface area contributed by atoms with Crippen LogP contribution in [0.2, 0.25) is 0 Å². The smallest absolute Gasteiger partial charge is 0.123 e. The standard InChI is InChI=1S/C16H25FN2O/c1-4-16(2,19-9-5-6-10-19)15(18)13-11-12(17)7-8-14(13)20-3/h7-8,11,15H,4-6,9-10,18H2,1-3H3. The van der Waals surface area contributed by atoms with E-state index < -0.39 is 0 Å². The van der Waals surface area contributed by atoms with Crippen molar-refractivity contribution in [1.29, 1.82) is 0 Å². The Morgan fingerprint density at radius 2 is 2.05 bits per heavy atom. The molecule has 0 radical (unpaired) electrons. The van der Waals surface area contributed by atoms with Gasteiger partial charge in [-0.05, 0) is 57.5 Å². The number of halogens is 1. The fourth-order valence-electron chi connectivity index (χ4n) is 3.15. The number of nitrogens with zero attached hydrogens (tertiary/aromatic N) is 1. The van der Waals surface area contributed by atoms with E-state index in [-0.39, 0.29) is 17.4 Å². The molecule has 1 saturated heterocycles. The highest BCUT2D eigenvalue weighted by Gasteiger charge is 2.39. The van der Waals surface area contributed by atoms with Crippen LogP contribution in [0.4, 0.5) is 4.39 Å². The lowest BCUT2D eigenvalue weighted by Crippen LogP contribution is -2.51. The summed E-state index contributed by atoms with van der Waals surface area (Å²) in [5, 5.41) is 0. The van der Waals surface area contributed by atoms with E-state index in [1.54, 1.807) is 13.2 Å². The number of ether oxygens (including phenoxy) is 1. The van der Waals surface area contributed by atoms with Crippen molar-refractivity contribution < 1.29 is 9.13 Å². The second-order valence-electron chi connectivity index (χ2n) is 5.77. The van der Waals surface area contributed by atoms with Gasteiger partial charge in [0, 0.05) is 11.1 Å². The molecule has 0 bridgehead atoms. The monoisotopic (exact) mass is 280 g/mol. The Balaban J connectivity index is 2.36. The number of benzene rings is 1. The van der Waals surface area contributed by atoms with Crippen LogP contribution in [-0.2, 0) is 0 Å². The Labute approximate surface area is 120 Å². The number of rotatable bonds is 5. The Morgan fingerprint density at radius 3 is 2.60 bits per heavy atom. The first-order chi connectivity index (χ1) is 9.52. The SMILES string of the molecule is CCC(C)(C(N)c1cc(F)ccc1OC)N1CCCC1. The third-order valence-electron chi connectivity index (χ3n) is 4.74. The number of nitrogens with two attached hydrogens (primary N) is 1. The Morgan fingerprint density at radius 1 is 1.40 bits per heavy atom. The number of methoxy groups -OCH3 is 1. The fourth-order valence-corrected chi connectivity index (χ4v) is 3.15. The lowest BCUT2D eigenvalue weighted by molar-refractivity contribution is 0.0988. The summed E-state index contributed by atoms with van der Waals surface area (Å²) >= 11 is 0. The molecule has 1 aromatic rings. The second kappa shape index (κ2) is 6.10. The molecule has 0 aliphatic carbocycles. The maximum absolute atomic E-state index is 13.6. The zero-order valence-electron chi connectivity index (χ0n) is 12.7. The van der Waals surface area contributed by atoms with E-state index in [2.05, 4.69) is 18.7 Å². The van der Waals surface area contributed by atoms with Crippen molar-refractivity contribution in [2.75, 3.05) is 20.2 Å². The molecule has 2 unspecified atom stereocenters. The van der Waals surface area contributed by atoms with Gasteiger partial charge in [-0.25, -0.2) is 4.39 Å². The summed E-state index contributed by atoms with van der Waals surface area (Å²) in [6, 6.07) is 4.31. The summed E-state index contributed by atoms with van der Waals surface area (Å²) < 4.78 is 18.9. The van der Waals surface area contributed by atoms with Crippen LogP contribution in [0.3, 0.4) is 0 Å². The van der Waals surface area contributed by atoms with Crippen LogP contribution in [0.25, 0.3) is 0 Å². The van der Waals surface area contributed by atoms with Crippen LogP contribution < -0.4 is 10.5 Å². The van der Waals surface area contributed by atoms with Gasteiger partial charge in [0.25, 0.3) is 0 Å². The molecular weight excluding hydrogens is 255 g/mol. The minimum Gasteiger partial charge on any atom is -0.496 e. The molecule has 112 valence electrons. The highest BCUT2D eigenvalue weighted by molar-refractivity contribution is 5.38. The van der Waals surface area contributed by atoms with Crippen molar-refractivity contribution in [3.05, 3.63) is 29.6 Å². The first-order valence-corrected chi connectivity index (χ1v) is 7.37. The van der Waals surface area contributed by atoms with Crippen molar-refractivity contribution >= 4 is 0 Å². The van der Waals surface area contributed by atoms with Crippen LogP contribution in [-0.4, -0.2) is 30.6 Å². The zero-order chi connectivity index (χ0) is 14.8. The quantitative estimate of drug-likeness (QED) is 0.900. The van der Waals surface area contributed by atoms with Crippen LogP contribution in [0, 0.1) is 5.82 Å². The molecule has 20 heavy (non-hydrogen) atoms. The first kappa shape index (κ1) is 15.3. The van der Waals surface area contributed by atoms with E-state index in [1.165, 1.54) is 25.0 Å².